The summed E-state index contributed by atoms with van der Waals surface area (Å²) < 4.78 is 40.4. The Morgan fingerprint density at radius 2 is 2.04 bits per heavy atom. The van der Waals surface area contributed by atoms with Gasteiger partial charge in [-0.25, -0.2) is 0 Å². The molecule has 2 heterocycles. The zero-order valence-electron chi connectivity index (χ0n) is 14.8. The molecule has 1 aromatic heterocycles. The summed E-state index contributed by atoms with van der Waals surface area (Å²) in [5, 5.41) is 6.58. The number of halogens is 3. The van der Waals surface area contributed by atoms with E-state index in [9.17, 15) is 13.2 Å². The predicted molar refractivity (Wildman–Crippen MR) is 93.8 cm³/mol. The maximum Gasteiger partial charge on any atom is 0.435 e. The van der Waals surface area contributed by atoms with Crippen molar-refractivity contribution < 1.29 is 13.2 Å². The summed E-state index contributed by atoms with van der Waals surface area (Å²) in [5.41, 5.74) is 0.531. The summed E-state index contributed by atoms with van der Waals surface area (Å²) in [6.45, 7) is 1.64. The second-order valence-electron chi connectivity index (χ2n) is 6.42. The van der Waals surface area contributed by atoms with Crippen molar-refractivity contribution in [2.75, 3.05) is 20.1 Å². The second-order valence-corrected chi connectivity index (χ2v) is 6.42. The van der Waals surface area contributed by atoms with Gasteiger partial charge < -0.3 is 10.2 Å². The predicted octanol–water partition coefficient (Wildman–Crippen LogP) is 3.00. The normalized spacial score (nSPS) is 18.4. The van der Waals surface area contributed by atoms with Crippen LogP contribution in [0, 0.1) is 0 Å². The Bertz CT molecular complexity index is 767. The van der Waals surface area contributed by atoms with Gasteiger partial charge in [-0.2, -0.15) is 18.3 Å². The molecule has 0 saturated carbocycles. The van der Waals surface area contributed by atoms with Crippen LogP contribution in [0.1, 0.15) is 29.2 Å². The highest BCUT2D eigenvalue weighted by molar-refractivity contribution is 5.80. The van der Waals surface area contributed by atoms with Crippen LogP contribution in [0.4, 0.5) is 13.2 Å². The van der Waals surface area contributed by atoms with Crippen LogP contribution in [0.2, 0.25) is 0 Å². The number of hydrogen-bond acceptors (Lipinski definition) is 2. The van der Waals surface area contributed by atoms with Crippen LogP contribution in [0.15, 0.2) is 41.5 Å². The Hall–Kier alpha value is -2.51. The van der Waals surface area contributed by atoms with Crippen molar-refractivity contribution in [2.45, 2.75) is 25.1 Å². The molecule has 0 amide bonds. The highest BCUT2D eigenvalue weighted by Crippen LogP contribution is 2.31. The van der Waals surface area contributed by atoms with Gasteiger partial charge in [0.05, 0.1) is 0 Å². The average molecular weight is 365 g/mol. The number of aryl methyl sites for hydroxylation is 1. The SMILES string of the molecule is CN=C(NCc1cn(C)nc1C(F)(F)F)N1CCC(c2ccccc2)C1. The van der Waals surface area contributed by atoms with Crippen LogP contribution in [0.3, 0.4) is 0 Å². The molecule has 1 atom stereocenters. The van der Waals surface area contributed by atoms with Crippen LogP contribution < -0.4 is 5.32 Å². The number of rotatable bonds is 3. The molecule has 2 aromatic rings. The monoisotopic (exact) mass is 365 g/mol. The minimum Gasteiger partial charge on any atom is -0.352 e. The van der Waals surface area contributed by atoms with Crippen LogP contribution in [0.5, 0.6) is 0 Å². The van der Waals surface area contributed by atoms with Crippen molar-refractivity contribution in [3.63, 3.8) is 0 Å². The molecule has 0 bridgehead atoms. The molecule has 26 heavy (non-hydrogen) atoms. The topological polar surface area (TPSA) is 45.5 Å². The third-order valence-corrected chi connectivity index (χ3v) is 4.58. The standard InChI is InChI=1S/C18H22F3N5/c1-22-17(23-10-15-11-25(2)24-16(15)18(19,20)21)26-9-8-14(12-26)13-6-4-3-5-7-13/h3-7,11,14H,8-10,12H2,1-2H3,(H,22,23). The first kappa shape index (κ1) is 18.3. The largest absolute Gasteiger partial charge is 0.435 e. The number of guanidine groups is 1. The minimum atomic E-state index is -4.46. The molecule has 0 spiro atoms. The Morgan fingerprint density at radius 3 is 2.69 bits per heavy atom. The molecular formula is C18H22F3N5. The summed E-state index contributed by atoms with van der Waals surface area (Å²) in [6.07, 6.45) is -2.08. The quantitative estimate of drug-likeness (QED) is 0.672. The molecule has 1 aromatic carbocycles. The van der Waals surface area contributed by atoms with Crippen LogP contribution in [0.25, 0.3) is 0 Å². The van der Waals surface area contributed by atoms with Crippen LogP contribution in [-0.4, -0.2) is 40.8 Å². The molecule has 5 nitrogen and oxygen atoms in total. The molecule has 0 aliphatic carbocycles. The summed E-state index contributed by atoms with van der Waals surface area (Å²) in [7, 11) is 3.13. The van der Waals surface area contributed by atoms with E-state index < -0.39 is 11.9 Å². The molecule has 1 saturated heterocycles. The van der Waals surface area contributed by atoms with E-state index >= 15 is 0 Å². The van der Waals surface area contributed by atoms with Crippen molar-refractivity contribution in [1.82, 2.24) is 20.0 Å². The van der Waals surface area contributed by atoms with E-state index in [-0.39, 0.29) is 12.1 Å². The van der Waals surface area contributed by atoms with Crippen molar-refractivity contribution in [3.05, 3.63) is 53.3 Å². The van der Waals surface area contributed by atoms with E-state index in [2.05, 4.69) is 32.4 Å². The lowest BCUT2D eigenvalue weighted by atomic mass is 9.99. The number of alkyl halides is 3. The molecule has 8 heteroatoms. The van der Waals surface area contributed by atoms with Crippen molar-refractivity contribution in [2.24, 2.45) is 12.0 Å². The fourth-order valence-electron chi connectivity index (χ4n) is 3.36. The van der Waals surface area contributed by atoms with Gasteiger partial charge in [-0.15, -0.1) is 0 Å². The van der Waals surface area contributed by atoms with E-state index in [0.29, 0.717) is 11.9 Å². The fourth-order valence-corrected chi connectivity index (χ4v) is 3.36. The number of nitrogens with one attached hydrogen (secondary N) is 1. The molecule has 140 valence electrons. The first-order valence-corrected chi connectivity index (χ1v) is 8.48. The van der Waals surface area contributed by atoms with E-state index in [4.69, 9.17) is 0 Å². The molecule has 1 unspecified atom stereocenters. The van der Waals surface area contributed by atoms with Gasteiger partial charge in [0.2, 0.25) is 0 Å². The highest BCUT2D eigenvalue weighted by atomic mass is 19.4. The Labute approximate surface area is 150 Å². The zero-order chi connectivity index (χ0) is 18.7. The van der Waals surface area contributed by atoms with Gasteiger partial charge in [0.1, 0.15) is 0 Å². The highest BCUT2D eigenvalue weighted by Gasteiger charge is 2.37. The summed E-state index contributed by atoms with van der Waals surface area (Å²) in [4.78, 5) is 6.32. The average Bonchev–Trinajstić information content (AvgIpc) is 3.23. The molecule has 1 aliphatic heterocycles. The molecule has 1 fully saturated rings. The van der Waals surface area contributed by atoms with E-state index in [1.807, 2.05) is 18.2 Å². The number of likely N-dealkylation sites (tertiary alicyclic amines) is 1. The lowest BCUT2D eigenvalue weighted by Gasteiger charge is -2.22. The van der Waals surface area contributed by atoms with E-state index in [1.54, 1.807) is 7.05 Å². The summed E-state index contributed by atoms with van der Waals surface area (Å²) in [6, 6.07) is 10.2. The van der Waals surface area contributed by atoms with Gasteiger partial charge in [-0.3, -0.25) is 9.67 Å². The molecular weight excluding hydrogens is 343 g/mol. The number of aromatic nitrogens is 2. The number of aliphatic imine (C=N–C) groups is 1. The number of benzene rings is 1. The summed E-state index contributed by atoms with van der Waals surface area (Å²) in [5.74, 6) is 1.01. The van der Waals surface area contributed by atoms with Gasteiger partial charge in [0, 0.05) is 51.4 Å². The van der Waals surface area contributed by atoms with Gasteiger partial charge >= 0.3 is 6.18 Å². The number of nitrogens with zero attached hydrogens (tertiary/aromatic N) is 4. The van der Waals surface area contributed by atoms with Gasteiger partial charge in [-0.1, -0.05) is 30.3 Å². The second kappa shape index (κ2) is 7.39. The van der Waals surface area contributed by atoms with Crippen molar-refractivity contribution >= 4 is 5.96 Å². The van der Waals surface area contributed by atoms with Crippen molar-refractivity contribution in [1.29, 1.82) is 0 Å². The van der Waals surface area contributed by atoms with E-state index in [1.165, 1.54) is 23.5 Å². The Balaban J connectivity index is 1.65. The maximum atomic E-state index is 13.1. The first-order valence-electron chi connectivity index (χ1n) is 8.48. The molecule has 0 radical (unpaired) electrons. The molecule has 1 aliphatic rings. The van der Waals surface area contributed by atoms with E-state index in [0.717, 1.165) is 19.5 Å². The zero-order valence-corrected chi connectivity index (χ0v) is 14.8. The smallest absolute Gasteiger partial charge is 0.352 e. The van der Waals surface area contributed by atoms with Crippen LogP contribution in [-0.2, 0) is 19.8 Å². The fraction of sp³-hybridized carbons (Fsp3) is 0.444. The lowest BCUT2D eigenvalue weighted by Crippen LogP contribution is -2.39. The van der Waals surface area contributed by atoms with Gasteiger partial charge in [-0.05, 0) is 12.0 Å². The Kier molecular flexibility index (Phi) is 5.20. The molecule has 3 rings (SSSR count). The number of hydrogen-bond donors (Lipinski definition) is 1. The minimum absolute atomic E-state index is 0.0296. The van der Waals surface area contributed by atoms with Gasteiger partial charge in [0.15, 0.2) is 11.7 Å². The lowest BCUT2D eigenvalue weighted by molar-refractivity contribution is -0.142. The van der Waals surface area contributed by atoms with Gasteiger partial charge in [0.25, 0.3) is 0 Å². The van der Waals surface area contributed by atoms with Crippen LogP contribution >= 0.6 is 0 Å². The van der Waals surface area contributed by atoms with Crippen molar-refractivity contribution in [3.8, 4) is 0 Å². The third-order valence-electron chi connectivity index (χ3n) is 4.58. The summed E-state index contributed by atoms with van der Waals surface area (Å²) >= 11 is 0. The Morgan fingerprint density at radius 1 is 1.31 bits per heavy atom. The maximum absolute atomic E-state index is 13.1. The third kappa shape index (κ3) is 4.00. The molecule has 1 N–H and O–H groups in total. The first-order chi connectivity index (χ1) is 12.4.